The Morgan fingerprint density at radius 1 is 0.800 bits per heavy atom. The van der Waals surface area contributed by atoms with Crippen LogP contribution in [-0.2, 0) is 4.79 Å². The van der Waals surface area contributed by atoms with Gasteiger partial charge >= 0.3 is 0 Å². The third kappa shape index (κ3) is 3.74. The van der Waals surface area contributed by atoms with Gasteiger partial charge in [0.1, 0.15) is 17.1 Å². The molecule has 0 radical (unpaired) electrons. The summed E-state index contributed by atoms with van der Waals surface area (Å²) in [5.74, 6) is 0.589. The first-order chi connectivity index (χ1) is 11.9. The molecule has 2 rings (SSSR count). The highest BCUT2D eigenvalue weighted by Crippen LogP contribution is 2.31. The summed E-state index contributed by atoms with van der Waals surface area (Å²) in [6, 6.07) is 12.4. The number of nitrogens with zero attached hydrogens (tertiary/aromatic N) is 2. The van der Waals surface area contributed by atoms with Gasteiger partial charge in [-0.25, -0.2) is 0 Å². The van der Waals surface area contributed by atoms with E-state index >= 15 is 0 Å². The molecular formula is C19H22N2O4. The van der Waals surface area contributed by atoms with E-state index in [0.29, 0.717) is 22.7 Å². The van der Waals surface area contributed by atoms with E-state index in [1.54, 1.807) is 56.6 Å². The number of hydrogen-bond donors (Lipinski definition) is 0. The van der Waals surface area contributed by atoms with E-state index in [2.05, 4.69) is 0 Å². The Kier molecular flexibility index (Phi) is 5.64. The van der Waals surface area contributed by atoms with E-state index < -0.39 is 0 Å². The van der Waals surface area contributed by atoms with E-state index in [0.717, 1.165) is 5.69 Å². The second kappa shape index (κ2) is 7.70. The summed E-state index contributed by atoms with van der Waals surface area (Å²) >= 11 is 0. The first-order valence-corrected chi connectivity index (χ1v) is 7.74. The molecule has 0 spiro atoms. The Bertz CT molecular complexity index is 749. The van der Waals surface area contributed by atoms with Crippen LogP contribution in [0.3, 0.4) is 0 Å². The van der Waals surface area contributed by atoms with Crippen LogP contribution in [0.5, 0.6) is 11.5 Å². The van der Waals surface area contributed by atoms with Crippen LogP contribution in [0.2, 0.25) is 0 Å². The summed E-state index contributed by atoms with van der Waals surface area (Å²) in [5, 5.41) is 0. The molecule has 132 valence electrons. The van der Waals surface area contributed by atoms with Gasteiger partial charge in [0.25, 0.3) is 5.91 Å². The maximum absolute atomic E-state index is 12.9. The van der Waals surface area contributed by atoms with Crippen LogP contribution in [0, 0.1) is 0 Å². The van der Waals surface area contributed by atoms with Gasteiger partial charge in [0, 0.05) is 32.4 Å². The highest BCUT2D eigenvalue weighted by atomic mass is 16.5. The van der Waals surface area contributed by atoms with Crippen molar-refractivity contribution in [1.29, 1.82) is 0 Å². The number of amides is 2. The topological polar surface area (TPSA) is 59.1 Å². The first-order valence-electron chi connectivity index (χ1n) is 7.74. The molecule has 25 heavy (non-hydrogen) atoms. The summed E-state index contributed by atoms with van der Waals surface area (Å²) < 4.78 is 10.6. The molecule has 6 nitrogen and oxygen atoms in total. The summed E-state index contributed by atoms with van der Waals surface area (Å²) in [6.07, 6.45) is 0. The number of carbonyl (C=O) groups excluding carboxylic acids is 2. The van der Waals surface area contributed by atoms with Crippen LogP contribution in [0.1, 0.15) is 17.3 Å². The van der Waals surface area contributed by atoms with Gasteiger partial charge in [-0.05, 0) is 36.4 Å². The minimum atomic E-state index is -0.248. The number of rotatable bonds is 5. The average Bonchev–Trinajstić information content (AvgIpc) is 2.65. The fraction of sp³-hybridized carbons (Fsp3) is 0.263. The predicted molar refractivity (Wildman–Crippen MR) is 97.8 cm³/mol. The molecule has 6 heteroatoms. The Hall–Kier alpha value is -3.02. The molecule has 0 heterocycles. The maximum atomic E-state index is 12.9. The molecule has 0 N–H and O–H groups in total. The molecule has 0 unspecified atom stereocenters. The number of anilines is 2. The Balaban J connectivity index is 2.33. The molecule has 2 aromatic carbocycles. The van der Waals surface area contributed by atoms with Crippen molar-refractivity contribution < 1.29 is 19.1 Å². The molecule has 0 atom stereocenters. The lowest BCUT2D eigenvalue weighted by molar-refractivity contribution is -0.116. The highest BCUT2D eigenvalue weighted by molar-refractivity contribution is 6.09. The molecule has 0 aliphatic rings. The summed E-state index contributed by atoms with van der Waals surface area (Å²) in [4.78, 5) is 27.4. The lowest BCUT2D eigenvalue weighted by atomic mass is 10.1. The molecule has 2 aromatic rings. The van der Waals surface area contributed by atoms with E-state index in [1.165, 1.54) is 30.9 Å². The lowest BCUT2D eigenvalue weighted by Crippen LogP contribution is -2.27. The smallest absolute Gasteiger partial charge is 0.265 e. The highest BCUT2D eigenvalue weighted by Gasteiger charge is 2.22. The fourth-order valence-corrected chi connectivity index (χ4v) is 2.43. The Morgan fingerprint density at radius 2 is 1.24 bits per heavy atom. The van der Waals surface area contributed by atoms with Crippen LogP contribution < -0.4 is 19.3 Å². The van der Waals surface area contributed by atoms with Crippen LogP contribution in [0.4, 0.5) is 11.4 Å². The summed E-state index contributed by atoms with van der Waals surface area (Å²) in [7, 11) is 6.40. The lowest BCUT2D eigenvalue weighted by Gasteiger charge is -2.21. The minimum Gasteiger partial charge on any atom is -0.496 e. The normalized spacial score (nSPS) is 10.1. The molecule has 0 saturated heterocycles. The van der Waals surface area contributed by atoms with Gasteiger partial charge in [-0.3, -0.25) is 9.59 Å². The van der Waals surface area contributed by atoms with E-state index in [-0.39, 0.29) is 11.8 Å². The second-order valence-corrected chi connectivity index (χ2v) is 5.50. The zero-order chi connectivity index (χ0) is 18.6. The summed E-state index contributed by atoms with van der Waals surface area (Å²) in [5.41, 5.74) is 1.81. The average molecular weight is 342 g/mol. The van der Waals surface area contributed by atoms with Crippen molar-refractivity contribution in [3.05, 3.63) is 48.0 Å². The summed E-state index contributed by atoms with van der Waals surface area (Å²) in [6.45, 7) is 1.50. The quantitative estimate of drug-likeness (QED) is 0.838. The molecule has 0 bridgehead atoms. The van der Waals surface area contributed by atoms with Gasteiger partial charge in [0.15, 0.2) is 0 Å². The first kappa shape index (κ1) is 18.3. The van der Waals surface area contributed by atoms with Crippen molar-refractivity contribution >= 4 is 23.2 Å². The Morgan fingerprint density at radius 3 is 1.64 bits per heavy atom. The van der Waals surface area contributed by atoms with Crippen LogP contribution in [0.15, 0.2) is 42.5 Å². The largest absolute Gasteiger partial charge is 0.496 e. The van der Waals surface area contributed by atoms with E-state index in [1.807, 2.05) is 0 Å². The third-order valence-corrected chi connectivity index (χ3v) is 4.04. The van der Waals surface area contributed by atoms with Crippen LogP contribution in [0.25, 0.3) is 0 Å². The van der Waals surface area contributed by atoms with Gasteiger partial charge in [-0.1, -0.05) is 6.07 Å². The zero-order valence-electron chi connectivity index (χ0n) is 15.1. The minimum absolute atomic E-state index is 0.0593. The number of carbonyl (C=O) groups is 2. The molecular weight excluding hydrogens is 320 g/mol. The van der Waals surface area contributed by atoms with E-state index in [9.17, 15) is 9.59 Å². The fourth-order valence-electron chi connectivity index (χ4n) is 2.43. The molecule has 2 amide bonds. The molecule has 0 saturated carbocycles. The predicted octanol–water partition coefficient (Wildman–Crippen LogP) is 2.96. The SMILES string of the molecule is COc1cccc(OC)c1C(=O)N(C)c1ccc(N(C)C(C)=O)cc1. The molecule has 0 aliphatic heterocycles. The molecule has 0 fully saturated rings. The van der Waals surface area contributed by atoms with Gasteiger partial charge in [0.2, 0.25) is 5.91 Å². The number of benzene rings is 2. The molecule has 0 aliphatic carbocycles. The van der Waals surface area contributed by atoms with Crippen molar-refractivity contribution in [3.8, 4) is 11.5 Å². The van der Waals surface area contributed by atoms with Crippen LogP contribution in [-0.4, -0.2) is 40.1 Å². The second-order valence-electron chi connectivity index (χ2n) is 5.50. The Labute approximate surface area is 147 Å². The third-order valence-electron chi connectivity index (χ3n) is 4.04. The van der Waals surface area contributed by atoms with Gasteiger partial charge < -0.3 is 19.3 Å². The maximum Gasteiger partial charge on any atom is 0.265 e. The van der Waals surface area contributed by atoms with Crippen molar-refractivity contribution in [2.45, 2.75) is 6.92 Å². The van der Waals surface area contributed by atoms with Crippen molar-refractivity contribution in [2.75, 3.05) is 38.1 Å². The van der Waals surface area contributed by atoms with Crippen molar-refractivity contribution in [1.82, 2.24) is 0 Å². The van der Waals surface area contributed by atoms with E-state index in [4.69, 9.17) is 9.47 Å². The number of ether oxygens (including phenoxy) is 2. The monoisotopic (exact) mass is 342 g/mol. The van der Waals surface area contributed by atoms with Crippen LogP contribution >= 0.6 is 0 Å². The van der Waals surface area contributed by atoms with Gasteiger partial charge in [0.05, 0.1) is 14.2 Å². The van der Waals surface area contributed by atoms with Gasteiger partial charge in [-0.15, -0.1) is 0 Å². The molecule has 0 aromatic heterocycles. The van der Waals surface area contributed by atoms with Gasteiger partial charge in [-0.2, -0.15) is 0 Å². The number of hydrogen-bond acceptors (Lipinski definition) is 4. The van der Waals surface area contributed by atoms with Crippen molar-refractivity contribution in [2.24, 2.45) is 0 Å². The zero-order valence-corrected chi connectivity index (χ0v) is 15.1. The standard InChI is InChI=1S/C19H22N2O4/c1-13(22)20(2)14-9-11-15(12-10-14)21(3)19(23)18-16(24-4)7-6-8-17(18)25-5/h6-12H,1-5H3. The van der Waals surface area contributed by atoms with Crippen molar-refractivity contribution in [3.63, 3.8) is 0 Å². The number of methoxy groups -OCH3 is 2.